The van der Waals surface area contributed by atoms with Crippen molar-refractivity contribution in [2.75, 3.05) is 0 Å². The van der Waals surface area contributed by atoms with Crippen LogP contribution in [0.2, 0.25) is 0 Å². The van der Waals surface area contributed by atoms with Crippen LogP contribution in [-0.4, -0.2) is 11.3 Å². The van der Waals surface area contributed by atoms with E-state index in [1.807, 2.05) is 0 Å². The van der Waals surface area contributed by atoms with Crippen LogP contribution in [0.25, 0.3) is 0 Å². The maximum atomic E-state index is 11.9. The molecule has 14 heavy (non-hydrogen) atoms. The Hall–Kier alpha value is 0.180. The Morgan fingerprint density at radius 1 is 1.14 bits per heavy atom. The molecule has 1 rings (SSSR count). The van der Waals surface area contributed by atoms with Gasteiger partial charge in [0.15, 0.2) is 5.75 Å². The molecule has 0 radical (unpaired) electrons. The number of alkyl halides is 3. The van der Waals surface area contributed by atoms with Gasteiger partial charge >= 0.3 is 6.36 Å². The second kappa shape index (κ2) is 4.36. The molecular formula is C6HBr3F3NO. The molecule has 0 aliphatic heterocycles. The van der Waals surface area contributed by atoms with Crippen molar-refractivity contribution in [1.29, 1.82) is 0 Å². The van der Waals surface area contributed by atoms with Gasteiger partial charge in [-0.2, -0.15) is 0 Å². The van der Waals surface area contributed by atoms with Crippen LogP contribution in [0.4, 0.5) is 13.2 Å². The Morgan fingerprint density at radius 2 is 1.71 bits per heavy atom. The molecule has 0 aromatic carbocycles. The van der Waals surface area contributed by atoms with Crippen molar-refractivity contribution in [2.24, 2.45) is 0 Å². The maximum absolute atomic E-state index is 11.9. The summed E-state index contributed by atoms with van der Waals surface area (Å²) in [6, 6.07) is 1.16. The number of hydrogen-bond acceptors (Lipinski definition) is 2. The van der Waals surface area contributed by atoms with Gasteiger partial charge in [0, 0.05) is 6.07 Å². The molecule has 0 saturated heterocycles. The standard InChI is InChI=1S/C6HBr3F3NO/c7-2-1-3(14-6(10,11)12)5(9)13-4(2)8/h1H. The lowest BCUT2D eigenvalue weighted by Gasteiger charge is -2.10. The highest BCUT2D eigenvalue weighted by molar-refractivity contribution is 9.13. The second-order valence-electron chi connectivity index (χ2n) is 2.10. The van der Waals surface area contributed by atoms with Gasteiger partial charge in [-0.25, -0.2) is 4.98 Å². The van der Waals surface area contributed by atoms with Gasteiger partial charge in [0.05, 0.1) is 4.47 Å². The summed E-state index contributed by atoms with van der Waals surface area (Å²) in [5.41, 5.74) is 0. The van der Waals surface area contributed by atoms with Crippen molar-refractivity contribution in [3.05, 3.63) is 19.7 Å². The number of nitrogens with zero attached hydrogens (tertiary/aromatic N) is 1. The summed E-state index contributed by atoms with van der Waals surface area (Å²) in [4.78, 5) is 3.72. The molecule has 0 aliphatic rings. The fraction of sp³-hybridized carbons (Fsp3) is 0.167. The van der Waals surface area contributed by atoms with E-state index in [9.17, 15) is 13.2 Å². The number of aromatic nitrogens is 1. The topological polar surface area (TPSA) is 22.1 Å². The normalized spacial score (nSPS) is 11.6. The lowest BCUT2D eigenvalue weighted by Crippen LogP contribution is -2.17. The van der Waals surface area contributed by atoms with Gasteiger partial charge in [0.2, 0.25) is 0 Å². The quantitative estimate of drug-likeness (QED) is 0.658. The van der Waals surface area contributed by atoms with E-state index in [0.29, 0.717) is 9.08 Å². The van der Waals surface area contributed by atoms with E-state index in [1.165, 1.54) is 0 Å². The van der Waals surface area contributed by atoms with Crippen molar-refractivity contribution in [1.82, 2.24) is 4.98 Å². The molecule has 78 valence electrons. The molecule has 0 bridgehead atoms. The third kappa shape index (κ3) is 3.39. The highest BCUT2D eigenvalue weighted by atomic mass is 79.9. The molecule has 2 nitrogen and oxygen atoms in total. The zero-order chi connectivity index (χ0) is 10.9. The van der Waals surface area contributed by atoms with Crippen LogP contribution in [0.15, 0.2) is 19.7 Å². The van der Waals surface area contributed by atoms with Gasteiger partial charge < -0.3 is 4.74 Å². The van der Waals surface area contributed by atoms with Gasteiger partial charge in [0.1, 0.15) is 9.21 Å². The summed E-state index contributed by atoms with van der Waals surface area (Å²) in [6.07, 6.45) is -4.72. The van der Waals surface area contributed by atoms with Crippen molar-refractivity contribution in [2.45, 2.75) is 6.36 Å². The van der Waals surface area contributed by atoms with Gasteiger partial charge in [-0.1, -0.05) is 0 Å². The molecule has 1 aromatic rings. The molecule has 0 spiro atoms. The molecule has 0 unspecified atom stereocenters. The summed E-state index contributed by atoms with van der Waals surface area (Å²) < 4.78 is 40.0. The summed E-state index contributed by atoms with van der Waals surface area (Å²) in [6.45, 7) is 0. The third-order valence-electron chi connectivity index (χ3n) is 1.08. The van der Waals surface area contributed by atoms with E-state index in [0.717, 1.165) is 6.07 Å². The second-order valence-corrected chi connectivity index (χ2v) is 4.45. The predicted molar refractivity (Wildman–Crippen MR) is 54.0 cm³/mol. The number of halogens is 6. The van der Waals surface area contributed by atoms with Crippen LogP contribution in [0.1, 0.15) is 0 Å². The summed E-state index contributed by atoms with van der Waals surface area (Å²) in [7, 11) is 0. The Kier molecular flexibility index (Phi) is 3.81. The van der Waals surface area contributed by atoms with Crippen LogP contribution in [-0.2, 0) is 0 Å². The molecular weight excluding hydrogens is 399 g/mol. The highest BCUT2D eigenvalue weighted by Gasteiger charge is 2.32. The molecule has 0 fully saturated rings. The number of hydrogen-bond donors (Lipinski definition) is 0. The number of rotatable bonds is 1. The van der Waals surface area contributed by atoms with Gasteiger partial charge in [0.25, 0.3) is 0 Å². The van der Waals surface area contributed by atoms with E-state index in [4.69, 9.17) is 0 Å². The molecule has 1 aromatic heterocycles. The smallest absolute Gasteiger partial charge is 0.403 e. The highest BCUT2D eigenvalue weighted by Crippen LogP contribution is 2.34. The molecule has 0 saturated carbocycles. The molecule has 1 heterocycles. The van der Waals surface area contributed by atoms with Gasteiger partial charge in [-0.15, -0.1) is 13.2 Å². The van der Waals surface area contributed by atoms with E-state index in [-0.39, 0.29) is 4.60 Å². The van der Waals surface area contributed by atoms with Gasteiger partial charge in [-0.3, -0.25) is 0 Å². The first kappa shape index (κ1) is 12.3. The van der Waals surface area contributed by atoms with Crippen LogP contribution in [0.3, 0.4) is 0 Å². The largest absolute Gasteiger partial charge is 0.573 e. The minimum absolute atomic E-state index is 0.0232. The van der Waals surface area contributed by atoms with Crippen LogP contribution >= 0.6 is 47.8 Å². The minimum atomic E-state index is -4.72. The average Bonchev–Trinajstić information content (AvgIpc) is 1.97. The lowest BCUT2D eigenvalue weighted by molar-refractivity contribution is -0.275. The monoisotopic (exact) mass is 397 g/mol. The van der Waals surface area contributed by atoms with Crippen molar-refractivity contribution >= 4 is 47.8 Å². The van der Waals surface area contributed by atoms with Crippen molar-refractivity contribution < 1.29 is 17.9 Å². The zero-order valence-corrected chi connectivity index (χ0v) is 11.0. The minimum Gasteiger partial charge on any atom is -0.403 e. The Balaban J connectivity index is 3.04. The molecule has 0 amide bonds. The first-order valence-corrected chi connectivity index (χ1v) is 5.45. The van der Waals surface area contributed by atoms with Crippen LogP contribution in [0, 0.1) is 0 Å². The number of ether oxygens (including phenoxy) is 1. The molecule has 0 atom stereocenters. The summed E-state index contributed by atoms with van der Waals surface area (Å²) in [5.74, 6) is -0.396. The van der Waals surface area contributed by atoms with E-state index in [2.05, 4.69) is 57.5 Å². The number of pyridine rings is 1. The van der Waals surface area contributed by atoms with Crippen molar-refractivity contribution in [3.63, 3.8) is 0 Å². The first-order valence-electron chi connectivity index (χ1n) is 3.07. The fourth-order valence-corrected chi connectivity index (χ4v) is 1.82. The average molecular weight is 400 g/mol. The van der Waals surface area contributed by atoms with Gasteiger partial charge in [-0.05, 0) is 47.8 Å². The lowest BCUT2D eigenvalue weighted by atomic mass is 10.5. The van der Waals surface area contributed by atoms with E-state index in [1.54, 1.807) is 0 Å². The molecule has 8 heteroatoms. The summed E-state index contributed by atoms with van der Waals surface area (Å²) >= 11 is 8.89. The first-order chi connectivity index (χ1) is 6.29. The Labute approximate surface area is 102 Å². The van der Waals surface area contributed by atoms with Crippen LogP contribution < -0.4 is 4.74 Å². The third-order valence-corrected chi connectivity index (χ3v) is 3.39. The zero-order valence-electron chi connectivity index (χ0n) is 6.20. The van der Waals surface area contributed by atoms with E-state index >= 15 is 0 Å². The predicted octanol–water partition coefficient (Wildman–Crippen LogP) is 4.27. The molecule has 0 aliphatic carbocycles. The fourth-order valence-electron chi connectivity index (χ4n) is 0.625. The maximum Gasteiger partial charge on any atom is 0.573 e. The SMILES string of the molecule is FC(F)(F)Oc1cc(Br)c(Br)nc1Br. The van der Waals surface area contributed by atoms with Crippen LogP contribution in [0.5, 0.6) is 5.75 Å². The molecule has 0 N–H and O–H groups in total. The summed E-state index contributed by atoms with van der Waals surface area (Å²) in [5, 5.41) is 0. The van der Waals surface area contributed by atoms with Crippen molar-refractivity contribution in [3.8, 4) is 5.75 Å². The van der Waals surface area contributed by atoms with E-state index < -0.39 is 12.1 Å². The Bertz CT molecular complexity index is 355. The Morgan fingerprint density at radius 3 is 2.21 bits per heavy atom.